The molecule has 1 nitrogen and oxygen atoms in total. The van der Waals surface area contributed by atoms with Crippen LogP contribution in [0.2, 0.25) is 0 Å². The van der Waals surface area contributed by atoms with E-state index < -0.39 is 0 Å². The molecule has 1 N–H and O–H groups in total. The van der Waals surface area contributed by atoms with Gasteiger partial charge in [-0.25, -0.2) is 0 Å². The van der Waals surface area contributed by atoms with Gasteiger partial charge in [0.1, 0.15) is 0 Å². The minimum atomic E-state index is 0.516. The maximum Gasteiger partial charge on any atom is 0.0256 e. The Morgan fingerprint density at radius 2 is 1.94 bits per heavy atom. The molecule has 4 atom stereocenters. The van der Waals surface area contributed by atoms with Crippen LogP contribution in [0.1, 0.15) is 59.8 Å². The second kappa shape index (κ2) is 4.15. The van der Waals surface area contributed by atoms with Crippen LogP contribution in [0.3, 0.4) is 0 Å². The van der Waals surface area contributed by atoms with Crippen molar-refractivity contribution in [2.24, 2.45) is 16.7 Å². The van der Waals surface area contributed by atoms with Crippen molar-refractivity contribution in [1.29, 1.82) is 0 Å². The lowest BCUT2D eigenvalue weighted by Gasteiger charge is -2.40. The number of fused-ring (bicyclic) bond motifs is 2. The van der Waals surface area contributed by atoms with Crippen LogP contribution in [0.25, 0.3) is 0 Å². The van der Waals surface area contributed by atoms with E-state index in [0.29, 0.717) is 15.6 Å². The SMILES string of the molecule is CC1(CNC2CC3CCC2(C)C3(C)C)CCCS1. The average molecular weight is 267 g/mol. The zero-order valence-electron chi connectivity index (χ0n) is 12.5. The second-order valence-electron chi connectivity index (χ2n) is 7.95. The molecule has 0 aromatic carbocycles. The molecule has 0 aromatic rings. The highest BCUT2D eigenvalue weighted by molar-refractivity contribution is 8.00. The van der Waals surface area contributed by atoms with Crippen molar-refractivity contribution >= 4 is 11.8 Å². The summed E-state index contributed by atoms with van der Waals surface area (Å²) in [6.07, 6.45) is 7.14. The van der Waals surface area contributed by atoms with Crippen LogP contribution in [-0.4, -0.2) is 23.1 Å². The van der Waals surface area contributed by atoms with E-state index in [2.05, 4.69) is 44.8 Å². The van der Waals surface area contributed by atoms with Gasteiger partial charge in [0.15, 0.2) is 0 Å². The fraction of sp³-hybridized carbons (Fsp3) is 1.00. The molecule has 0 amide bonds. The molecule has 104 valence electrons. The van der Waals surface area contributed by atoms with Gasteiger partial charge in [-0.15, -0.1) is 0 Å². The van der Waals surface area contributed by atoms with Crippen molar-refractivity contribution in [1.82, 2.24) is 5.32 Å². The number of hydrogen-bond acceptors (Lipinski definition) is 2. The second-order valence-corrected chi connectivity index (χ2v) is 9.63. The lowest BCUT2D eigenvalue weighted by molar-refractivity contribution is 0.120. The normalized spacial score (nSPS) is 50.0. The zero-order valence-corrected chi connectivity index (χ0v) is 13.3. The molecular weight excluding hydrogens is 238 g/mol. The molecule has 1 saturated heterocycles. The maximum absolute atomic E-state index is 3.97. The highest BCUT2D eigenvalue weighted by atomic mass is 32.2. The third-order valence-corrected chi connectivity index (χ3v) is 8.36. The topological polar surface area (TPSA) is 12.0 Å². The Bertz CT molecular complexity index is 332. The van der Waals surface area contributed by atoms with Crippen molar-refractivity contribution in [3.63, 3.8) is 0 Å². The lowest BCUT2D eigenvalue weighted by atomic mass is 9.69. The Hall–Kier alpha value is 0.310. The maximum atomic E-state index is 3.97. The Kier molecular flexibility index (Phi) is 3.07. The first-order chi connectivity index (χ1) is 8.37. The molecule has 18 heavy (non-hydrogen) atoms. The Morgan fingerprint density at radius 3 is 2.44 bits per heavy atom. The molecule has 1 aliphatic heterocycles. The van der Waals surface area contributed by atoms with Crippen molar-refractivity contribution < 1.29 is 0 Å². The van der Waals surface area contributed by atoms with E-state index in [4.69, 9.17) is 0 Å². The van der Waals surface area contributed by atoms with Crippen molar-refractivity contribution in [3.05, 3.63) is 0 Å². The fourth-order valence-corrected chi connectivity index (χ4v) is 6.08. The van der Waals surface area contributed by atoms with Crippen molar-refractivity contribution in [2.75, 3.05) is 12.3 Å². The van der Waals surface area contributed by atoms with Gasteiger partial charge in [-0.05, 0) is 61.5 Å². The number of hydrogen-bond donors (Lipinski definition) is 1. The first-order valence-electron chi connectivity index (χ1n) is 7.75. The minimum Gasteiger partial charge on any atom is -0.312 e. The van der Waals surface area contributed by atoms with Gasteiger partial charge < -0.3 is 5.32 Å². The van der Waals surface area contributed by atoms with E-state index in [1.54, 1.807) is 0 Å². The Balaban J connectivity index is 1.65. The summed E-state index contributed by atoms with van der Waals surface area (Å²) < 4.78 is 0.516. The predicted molar refractivity (Wildman–Crippen MR) is 81.1 cm³/mol. The molecule has 0 aromatic heterocycles. The summed E-state index contributed by atoms with van der Waals surface area (Å²) in [5, 5.41) is 3.97. The Labute approximate surface area is 117 Å². The smallest absolute Gasteiger partial charge is 0.0256 e. The lowest BCUT2D eigenvalue weighted by Crippen LogP contribution is -2.48. The summed E-state index contributed by atoms with van der Waals surface area (Å²) >= 11 is 2.18. The molecular formula is C16H29NS. The predicted octanol–water partition coefficient (Wildman–Crippen LogP) is 4.08. The molecule has 4 unspecified atom stereocenters. The van der Waals surface area contributed by atoms with Gasteiger partial charge in [0, 0.05) is 17.3 Å². The quantitative estimate of drug-likeness (QED) is 0.827. The van der Waals surface area contributed by atoms with Crippen LogP contribution in [0.5, 0.6) is 0 Å². The highest BCUT2D eigenvalue weighted by Crippen LogP contribution is 2.65. The monoisotopic (exact) mass is 267 g/mol. The van der Waals surface area contributed by atoms with E-state index in [0.717, 1.165) is 12.0 Å². The third kappa shape index (κ3) is 1.78. The van der Waals surface area contributed by atoms with Gasteiger partial charge in [-0.3, -0.25) is 0 Å². The molecule has 0 radical (unpaired) electrons. The third-order valence-electron chi connectivity index (χ3n) is 6.82. The van der Waals surface area contributed by atoms with E-state index in [1.807, 2.05) is 0 Å². The largest absolute Gasteiger partial charge is 0.312 e. The first-order valence-corrected chi connectivity index (χ1v) is 8.73. The zero-order chi connectivity index (χ0) is 13.0. The number of nitrogens with one attached hydrogen (secondary N) is 1. The molecule has 0 spiro atoms. The standard InChI is InChI=1S/C16H29NS/c1-14(2)12-6-8-16(14,4)13(10-12)17-11-15(3)7-5-9-18-15/h12-13,17H,5-11H2,1-4H3. The highest BCUT2D eigenvalue weighted by Gasteiger charge is 2.61. The van der Waals surface area contributed by atoms with E-state index >= 15 is 0 Å². The molecule has 2 heteroatoms. The van der Waals surface area contributed by atoms with Crippen LogP contribution in [0, 0.1) is 16.7 Å². The Morgan fingerprint density at radius 1 is 1.17 bits per heavy atom. The van der Waals surface area contributed by atoms with E-state index in [9.17, 15) is 0 Å². The molecule has 3 rings (SSSR count). The molecule has 3 aliphatic rings. The van der Waals surface area contributed by atoms with Gasteiger partial charge in [-0.2, -0.15) is 11.8 Å². The van der Waals surface area contributed by atoms with Gasteiger partial charge in [-0.1, -0.05) is 20.8 Å². The summed E-state index contributed by atoms with van der Waals surface area (Å²) in [7, 11) is 0. The molecule has 1 heterocycles. The van der Waals surface area contributed by atoms with E-state index in [-0.39, 0.29) is 0 Å². The van der Waals surface area contributed by atoms with Gasteiger partial charge in [0.2, 0.25) is 0 Å². The summed E-state index contributed by atoms with van der Waals surface area (Å²) in [6, 6.07) is 0.768. The van der Waals surface area contributed by atoms with Crippen LogP contribution in [0.15, 0.2) is 0 Å². The van der Waals surface area contributed by atoms with Gasteiger partial charge >= 0.3 is 0 Å². The molecule has 2 aliphatic carbocycles. The molecule has 3 fully saturated rings. The molecule has 2 bridgehead atoms. The minimum absolute atomic E-state index is 0.516. The molecule has 2 saturated carbocycles. The average Bonchev–Trinajstić information content (AvgIpc) is 2.88. The van der Waals surface area contributed by atoms with Crippen LogP contribution in [-0.2, 0) is 0 Å². The van der Waals surface area contributed by atoms with Gasteiger partial charge in [0.25, 0.3) is 0 Å². The summed E-state index contributed by atoms with van der Waals surface area (Å²) in [6.45, 7) is 11.2. The first kappa shape index (κ1) is 13.3. The summed E-state index contributed by atoms with van der Waals surface area (Å²) in [5.41, 5.74) is 1.09. The van der Waals surface area contributed by atoms with Crippen LogP contribution in [0.4, 0.5) is 0 Å². The van der Waals surface area contributed by atoms with Crippen LogP contribution < -0.4 is 5.32 Å². The fourth-order valence-electron chi connectivity index (χ4n) is 4.83. The van der Waals surface area contributed by atoms with Crippen molar-refractivity contribution in [2.45, 2.75) is 70.6 Å². The van der Waals surface area contributed by atoms with Crippen molar-refractivity contribution in [3.8, 4) is 0 Å². The summed E-state index contributed by atoms with van der Waals surface area (Å²) in [5.74, 6) is 2.33. The summed E-state index contributed by atoms with van der Waals surface area (Å²) in [4.78, 5) is 0. The van der Waals surface area contributed by atoms with Crippen LogP contribution >= 0.6 is 11.8 Å². The number of rotatable bonds is 3. The van der Waals surface area contributed by atoms with E-state index in [1.165, 1.54) is 44.4 Å². The number of thioether (sulfide) groups is 1. The van der Waals surface area contributed by atoms with Gasteiger partial charge in [0.05, 0.1) is 0 Å².